The van der Waals surface area contributed by atoms with E-state index < -0.39 is 21.7 Å². The average molecular weight is 470 g/mol. The summed E-state index contributed by atoms with van der Waals surface area (Å²) in [6.45, 7) is 7.56. The third kappa shape index (κ3) is 5.20. The van der Waals surface area contributed by atoms with E-state index in [1.165, 1.54) is 4.31 Å². The lowest BCUT2D eigenvalue weighted by atomic mass is 10.2. The second-order valence-corrected chi connectivity index (χ2v) is 10.1. The number of anilines is 2. The Bertz CT molecular complexity index is 1260. The number of nitrogens with one attached hydrogen (secondary N) is 1. The Hall–Kier alpha value is -3.31. The molecule has 0 spiro atoms. The first kappa shape index (κ1) is 22.9. The lowest BCUT2D eigenvalue weighted by Gasteiger charge is -2.35. The van der Waals surface area contributed by atoms with E-state index in [1.807, 2.05) is 38.1 Å². The molecule has 1 aromatic heterocycles. The molecule has 33 heavy (non-hydrogen) atoms. The maximum atomic E-state index is 12.9. The van der Waals surface area contributed by atoms with Crippen molar-refractivity contribution < 1.29 is 13.2 Å². The van der Waals surface area contributed by atoms with Crippen LogP contribution in [0.25, 0.3) is 5.69 Å². The molecule has 0 unspecified atom stereocenters. The largest absolute Gasteiger partial charge is 0.369 e. The van der Waals surface area contributed by atoms with E-state index in [0.29, 0.717) is 43.4 Å². The quantitative estimate of drug-likeness (QED) is 0.584. The molecular formula is C22H27N7O3S. The van der Waals surface area contributed by atoms with Crippen molar-refractivity contribution in [1.82, 2.24) is 24.5 Å². The summed E-state index contributed by atoms with van der Waals surface area (Å²) in [4.78, 5) is 14.7. The molecule has 1 aliphatic heterocycles. The van der Waals surface area contributed by atoms with Crippen molar-refractivity contribution in [2.45, 2.75) is 20.8 Å². The molecule has 0 saturated carbocycles. The summed E-state index contributed by atoms with van der Waals surface area (Å²) >= 11 is 0. The average Bonchev–Trinajstić information content (AvgIpc) is 3.20. The molecule has 0 atom stereocenters. The van der Waals surface area contributed by atoms with Gasteiger partial charge in [-0.1, -0.05) is 18.2 Å². The van der Waals surface area contributed by atoms with Crippen molar-refractivity contribution >= 4 is 27.3 Å². The van der Waals surface area contributed by atoms with Crippen LogP contribution in [-0.4, -0.2) is 70.8 Å². The van der Waals surface area contributed by atoms with E-state index >= 15 is 0 Å². The van der Waals surface area contributed by atoms with Gasteiger partial charge in [0.2, 0.25) is 15.9 Å². The van der Waals surface area contributed by atoms with Crippen molar-refractivity contribution in [2.24, 2.45) is 0 Å². The predicted octanol–water partition coefficient (Wildman–Crippen LogP) is 1.68. The fourth-order valence-corrected chi connectivity index (χ4v) is 5.18. The van der Waals surface area contributed by atoms with Gasteiger partial charge in [-0.25, -0.2) is 8.42 Å². The zero-order chi connectivity index (χ0) is 23.6. The van der Waals surface area contributed by atoms with Crippen molar-refractivity contribution in [3.05, 3.63) is 59.4 Å². The molecule has 174 valence electrons. The van der Waals surface area contributed by atoms with Crippen molar-refractivity contribution in [3.8, 4) is 5.69 Å². The predicted molar refractivity (Wildman–Crippen MR) is 126 cm³/mol. The van der Waals surface area contributed by atoms with Gasteiger partial charge in [0.1, 0.15) is 5.75 Å². The van der Waals surface area contributed by atoms with E-state index in [0.717, 1.165) is 16.8 Å². The van der Waals surface area contributed by atoms with Gasteiger partial charge in [-0.3, -0.25) is 4.79 Å². The Balaban J connectivity index is 1.38. The molecule has 0 aliphatic carbocycles. The second-order valence-electron chi connectivity index (χ2n) is 8.17. The molecule has 1 aliphatic rings. The van der Waals surface area contributed by atoms with Gasteiger partial charge in [0.25, 0.3) is 0 Å². The van der Waals surface area contributed by atoms with Gasteiger partial charge >= 0.3 is 0 Å². The molecule has 1 fully saturated rings. The number of rotatable bonds is 6. The lowest BCUT2D eigenvalue weighted by Crippen LogP contribution is -2.50. The zero-order valence-electron chi connectivity index (χ0n) is 18.9. The van der Waals surface area contributed by atoms with Crippen LogP contribution in [0.1, 0.15) is 17.0 Å². The molecule has 3 aromatic rings. The minimum atomic E-state index is -3.73. The summed E-state index contributed by atoms with van der Waals surface area (Å²) in [5.41, 5.74) is 4.36. The topological polar surface area (TPSA) is 113 Å². The molecule has 0 radical (unpaired) electrons. The molecule has 11 heteroatoms. The number of sulfonamides is 1. The number of benzene rings is 2. The third-order valence-corrected chi connectivity index (χ3v) is 7.44. The zero-order valence-corrected chi connectivity index (χ0v) is 19.7. The number of aryl methyl sites for hydroxylation is 3. The Morgan fingerprint density at radius 3 is 2.45 bits per heavy atom. The first-order chi connectivity index (χ1) is 15.7. The van der Waals surface area contributed by atoms with Gasteiger partial charge < -0.3 is 10.2 Å². The van der Waals surface area contributed by atoms with Gasteiger partial charge in [-0.15, -0.1) is 5.10 Å². The second kappa shape index (κ2) is 9.28. The molecule has 4 rings (SSSR count). The summed E-state index contributed by atoms with van der Waals surface area (Å²) in [6, 6.07) is 13.4. The van der Waals surface area contributed by atoms with Crippen LogP contribution in [-0.2, 0) is 14.8 Å². The van der Waals surface area contributed by atoms with Crippen LogP contribution in [0.5, 0.6) is 0 Å². The highest BCUT2D eigenvalue weighted by molar-refractivity contribution is 7.89. The van der Waals surface area contributed by atoms with E-state index in [9.17, 15) is 13.2 Å². The molecule has 2 heterocycles. The third-order valence-electron chi connectivity index (χ3n) is 5.66. The summed E-state index contributed by atoms with van der Waals surface area (Å²) < 4.78 is 28.7. The standard InChI is InChI=1S/C22H27N7O3S/c1-16-5-4-6-20(13-16)27-9-11-28(12-10-27)33(31,32)15-22(30)23-19-8-7-17(2)21(14-19)29-18(3)24-25-26-29/h4-8,13-14H,9-12,15H2,1-3H3,(H,23,30). The van der Waals surface area contributed by atoms with Crippen molar-refractivity contribution in [3.63, 3.8) is 0 Å². The van der Waals surface area contributed by atoms with Gasteiger partial charge in [-0.05, 0) is 66.6 Å². The number of carbonyl (C=O) groups is 1. The van der Waals surface area contributed by atoms with Crippen LogP contribution in [0, 0.1) is 20.8 Å². The normalized spacial score (nSPS) is 14.9. The highest BCUT2D eigenvalue weighted by atomic mass is 32.2. The molecule has 0 bridgehead atoms. The molecule has 2 aromatic carbocycles. The fourth-order valence-electron chi connectivity index (χ4n) is 3.87. The smallest absolute Gasteiger partial charge is 0.241 e. The number of piperazine rings is 1. The van der Waals surface area contributed by atoms with E-state index in [-0.39, 0.29) is 0 Å². The summed E-state index contributed by atoms with van der Waals surface area (Å²) in [5.74, 6) is -0.585. The maximum Gasteiger partial charge on any atom is 0.241 e. The molecular weight excluding hydrogens is 442 g/mol. The summed E-state index contributed by atoms with van der Waals surface area (Å²) in [5, 5.41) is 14.2. The molecule has 1 amide bonds. The number of tetrazole rings is 1. The number of hydrogen-bond donors (Lipinski definition) is 1. The minimum Gasteiger partial charge on any atom is -0.369 e. The Labute approximate surface area is 193 Å². The van der Waals surface area contributed by atoms with Crippen LogP contribution in [0.15, 0.2) is 42.5 Å². The van der Waals surface area contributed by atoms with Gasteiger partial charge in [0.05, 0.1) is 5.69 Å². The van der Waals surface area contributed by atoms with Gasteiger partial charge in [-0.2, -0.15) is 8.99 Å². The fraction of sp³-hybridized carbons (Fsp3) is 0.364. The van der Waals surface area contributed by atoms with E-state index in [1.54, 1.807) is 23.7 Å². The Kier molecular flexibility index (Phi) is 6.43. The highest BCUT2D eigenvalue weighted by Gasteiger charge is 2.29. The highest BCUT2D eigenvalue weighted by Crippen LogP contribution is 2.21. The Morgan fingerprint density at radius 2 is 1.79 bits per heavy atom. The number of nitrogens with zero attached hydrogens (tertiary/aromatic N) is 6. The van der Waals surface area contributed by atoms with Crippen molar-refractivity contribution in [1.29, 1.82) is 0 Å². The molecule has 1 saturated heterocycles. The SMILES string of the molecule is Cc1cccc(N2CCN(S(=O)(=O)CC(=O)Nc3ccc(C)c(-n4nnnc4C)c3)CC2)c1. The van der Waals surface area contributed by atoms with Crippen LogP contribution in [0.4, 0.5) is 11.4 Å². The summed E-state index contributed by atoms with van der Waals surface area (Å²) in [6.07, 6.45) is 0. The number of amides is 1. The monoisotopic (exact) mass is 469 g/mol. The van der Waals surface area contributed by atoms with Gasteiger partial charge in [0, 0.05) is 37.6 Å². The summed E-state index contributed by atoms with van der Waals surface area (Å²) in [7, 11) is -3.73. The first-order valence-corrected chi connectivity index (χ1v) is 12.3. The van der Waals surface area contributed by atoms with E-state index in [4.69, 9.17) is 0 Å². The van der Waals surface area contributed by atoms with Crippen LogP contribution < -0.4 is 10.2 Å². The first-order valence-electron chi connectivity index (χ1n) is 10.7. The van der Waals surface area contributed by atoms with Gasteiger partial charge in [0.15, 0.2) is 5.82 Å². The Morgan fingerprint density at radius 1 is 1.03 bits per heavy atom. The number of hydrogen-bond acceptors (Lipinski definition) is 7. The van der Waals surface area contributed by atoms with Crippen LogP contribution in [0.2, 0.25) is 0 Å². The van der Waals surface area contributed by atoms with Crippen LogP contribution in [0.3, 0.4) is 0 Å². The van der Waals surface area contributed by atoms with Crippen molar-refractivity contribution in [2.75, 3.05) is 42.1 Å². The maximum absolute atomic E-state index is 12.9. The van der Waals surface area contributed by atoms with E-state index in [2.05, 4.69) is 31.8 Å². The van der Waals surface area contributed by atoms with Crippen LogP contribution >= 0.6 is 0 Å². The lowest BCUT2D eigenvalue weighted by molar-refractivity contribution is -0.113. The molecule has 10 nitrogen and oxygen atoms in total. The molecule has 1 N–H and O–H groups in total. The minimum absolute atomic E-state index is 0.344. The number of carbonyl (C=O) groups excluding carboxylic acids is 1. The number of aromatic nitrogens is 4.